The molecule has 4 rings (SSSR count). The van der Waals surface area contributed by atoms with E-state index < -0.39 is 4.92 Å². The summed E-state index contributed by atoms with van der Waals surface area (Å²) >= 11 is 0. The van der Waals surface area contributed by atoms with Gasteiger partial charge in [0.2, 0.25) is 0 Å². The summed E-state index contributed by atoms with van der Waals surface area (Å²) in [7, 11) is 0. The highest BCUT2D eigenvalue weighted by Gasteiger charge is 2.22. The highest BCUT2D eigenvalue weighted by molar-refractivity contribution is 6.07. The van der Waals surface area contributed by atoms with Crippen LogP contribution < -0.4 is 5.32 Å². The maximum atomic E-state index is 12.6. The lowest BCUT2D eigenvalue weighted by atomic mass is 10.1. The number of morpholine rings is 1. The Morgan fingerprint density at radius 3 is 2.52 bits per heavy atom. The molecule has 0 aliphatic carbocycles. The number of aromatic nitrogens is 1. The van der Waals surface area contributed by atoms with Crippen LogP contribution in [-0.4, -0.2) is 46.0 Å². The third-order valence-electron chi connectivity index (χ3n) is 5.50. The van der Waals surface area contributed by atoms with Gasteiger partial charge in [0.05, 0.1) is 22.7 Å². The van der Waals surface area contributed by atoms with Gasteiger partial charge in [0.25, 0.3) is 11.6 Å². The van der Waals surface area contributed by atoms with E-state index in [1.807, 2.05) is 12.1 Å². The Hall–Kier alpha value is -3.23. The lowest BCUT2D eigenvalue weighted by molar-refractivity contribution is -0.384. The van der Waals surface area contributed by atoms with Crippen LogP contribution in [0, 0.1) is 10.1 Å². The number of hydrogen-bond donors (Lipinski definition) is 2. The number of fused-ring (bicyclic) bond motifs is 1. The van der Waals surface area contributed by atoms with E-state index in [2.05, 4.69) is 41.2 Å². The molecule has 0 bridgehead atoms. The average Bonchev–Trinajstić information content (AvgIpc) is 3.15. The number of aromatic amines is 1. The number of ether oxygens (including phenoxy) is 1. The summed E-state index contributed by atoms with van der Waals surface area (Å²) in [6, 6.07) is 12.6. The van der Waals surface area contributed by atoms with Crippen molar-refractivity contribution in [1.29, 1.82) is 0 Å². The largest absolute Gasteiger partial charge is 0.373 e. The smallest absolute Gasteiger partial charge is 0.270 e. The number of nitrogens with one attached hydrogen (secondary N) is 2. The number of nitrogens with zero attached hydrogens (tertiary/aromatic N) is 2. The summed E-state index contributed by atoms with van der Waals surface area (Å²) in [4.78, 5) is 28.6. The number of H-pyrrole nitrogens is 1. The van der Waals surface area contributed by atoms with Crippen LogP contribution in [0.1, 0.15) is 35.3 Å². The van der Waals surface area contributed by atoms with Crippen LogP contribution in [-0.2, 0) is 17.8 Å². The van der Waals surface area contributed by atoms with Gasteiger partial charge in [-0.1, -0.05) is 24.3 Å². The average molecular weight is 422 g/mol. The summed E-state index contributed by atoms with van der Waals surface area (Å²) in [5.74, 6) is -0.271. The minimum Gasteiger partial charge on any atom is -0.373 e. The summed E-state index contributed by atoms with van der Waals surface area (Å²) in [5, 5.41) is 14.5. The first-order valence-corrected chi connectivity index (χ1v) is 10.4. The molecule has 8 nitrogen and oxygen atoms in total. The molecular formula is C23H26N4O4. The molecule has 31 heavy (non-hydrogen) atoms. The molecule has 0 saturated carbocycles. The van der Waals surface area contributed by atoms with E-state index in [0.29, 0.717) is 23.0 Å². The van der Waals surface area contributed by atoms with Crippen molar-refractivity contribution in [3.63, 3.8) is 0 Å². The molecule has 2 aromatic carbocycles. The molecule has 1 amide bonds. The molecule has 8 heteroatoms. The van der Waals surface area contributed by atoms with Crippen molar-refractivity contribution in [2.75, 3.05) is 13.1 Å². The number of carbonyl (C=O) groups excluding carboxylic acids is 1. The van der Waals surface area contributed by atoms with E-state index in [1.54, 1.807) is 12.3 Å². The van der Waals surface area contributed by atoms with Gasteiger partial charge in [-0.3, -0.25) is 19.8 Å². The van der Waals surface area contributed by atoms with Crippen molar-refractivity contribution < 1.29 is 14.5 Å². The van der Waals surface area contributed by atoms with Crippen LogP contribution in [0.3, 0.4) is 0 Å². The van der Waals surface area contributed by atoms with Crippen molar-refractivity contribution in [2.45, 2.75) is 39.1 Å². The number of non-ortho nitro benzene ring substituents is 1. The Balaban J connectivity index is 1.37. The molecular weight excluding hydrogens is 396 g/mol. The summed E-state index contributed by atoms with van der Waals surface area (Å²) in [6.45, 7) is 7.29. The summed E-state index contributed by atoms with van der Waals surface area (Å²) < 4.78 is 5.79. The van der Waals surface area contributed by atoms with E-state index in [9.17, 15) is 14.9 Å². The Kier molecular flexibility index (Phi) is 6.01. The predicted molar refractivity (Wildman–Crippen MR) is 118 cm³/mol. The molecule has 2 unspecified atom stereocenters. The van der Waals surface area contributed by atoms with Gasteiger partial charge in [-0.2, -0.15) is 0 Å². The van der Waals surface area contributed by atoms with E-state index in [1.165, 1.54) is 17.7 Å². The molecule has 0 radical (unpaired) electrons. The van der Waals surface area contributed by atoms with Gasteiger partial charge in [-0.25, -0.2) is 0 Å². The van der Waals surface area contributed by atoms with Gasteiger partial charge in [0.15, 0.2) is 0 Å². The highest BCUT2D eigenvalue weighted by atomic mass is 16.6. The molecule has 2 atom stereocenters. The maximum Gasteiger partial charge on any atom is 0.270 e. The van der Waals surface area contributed by atoms with Crippen molar-refractivity contribution >= 4 is 22.5 Å². The Morgan fingerprint density at radius 2 is 1.84 bits per heavy atom. The zero-order valence-electron chi connectivity index (χ0n) is 17.6. The normalized spacial score (nSPS) is 19.4. The van der Waals surface area contributed by atoms with Gasteiger partial charge in [-0.05, 0) is 31.0 Å². The third-order valence-corrected chi connectivity index (χ3v) is 5.50. The number of nitro benzene ring substituents is 1. The third kappa shape index (κ3) is 4.92. The Bertz CT molecular complexity index is 1080. The van der Waals surface area contributed by atoms with Gasteiger partial charge in [0, 0.05) is 55.4 Å². The standard InChI is InChI=1S/C23H26N4O4/c1-15-12-26(13-16(2)31-15)14-18-5-3-17(4-6-18)10-25-23(28)21-11-24-22-8-7-19(27(29)30)9-20(21)22/h3-9,11,15-16,24H,10,12-14H2,1-2H3,(H,25,28). The molecule has 1 fully saturated rings. The SMILES string of the molecule is CC1CN(Cc2ccc(CNC(=O)c3c[nH]c4ccc([N+](=O)[O-])cc34)cc2)CC(C)O1. The number of benzene rings is 2. The van der Waals surface area contributed by atoms with E-state index >= 15 is 0 Å². The second-order valence-corrected chi connectivity index (χ2v) is 8.14. The molecule has 1 aromatic heterocycles. The number of hydrogen-bond acceptors (Lipinski definition) is 5. The highest BCUT2D eigenvalue weighted by Crippen LogP contribution is 2.23. The van der Waals surface area contributed by atoms with Gasteiger partial charge in [0.1, 0.15) is 0 Å². The number of nitro groups is 1. The predicted octanol–water partition coefficient (Wildman–Crippen LogP) is 3.62. The zero-order chi connectivity index (χ0) is 22.0. The fraction of sp³-hybridized carbons (Fsp3) is 0.348. The molecule has 1 saturated heterocycles. The topological polar surface area (TPSA) is 101 Å². The summed E-state index contributed by atoms with van der Waals surface area (Å²) in [5.41, 5.74) is 3.26. The number of rotatable bonds is 6. The van der Waals surface area contributed by atoms with Gasteiger partial charge >= 0.3 is 0 Å². The molecule has 2 N–H and O–H groups in total. The molecule has 3 aromatic rings. The van der Waals surface area contributed by atoms with E-state index in [0.717, 1.165) is 25.2 Å². The fourth-order valence-corrected chi connectivity index (χ4v) is 4.12. The van der Waals surface area contributed by atoms with Crippen molar-refractivity contribution in [3.8, 4) is 0 Å². The molecule has 1 aliphatic heterocycles. The van der Waals surface area contributed by atoms with Crippen molar-refractivity contribution in [3.05, 3.63) is 75.5 Å². The first-order valence-electron chi connectivity index (χ1n) is 10.4. The molecule has 162 valence electrons. The molecule has 0 spiro atoms. The van der Waals surface area contributed by atoms with Crippen LogP contribution >= 0.6 is 0 Å². The summed E-state index contributed by atoms with van der Waals surface area (Å²) in [6.07, 6.45) is 2.06. The first kappa shape index (κ1) is 21.0. The monoisotopic (exact) mass is 422 g/mol. The fourth-order valence-electron chi connectivity index (χ4n) is 4.12. The minimum atomic E-state index is -0.464. The van der Waals surface area contributed by atoms with Crippen LogP contribution in [0.25, 0.3) is 10.9 Å². The van der Waals surface area contributed by atoms with E-state index in [-0.39, 0.29) is 23.8 Å². The zero-order valence-corrected chi connectivity index (χ0v) is 17.6. The van der Waals surface area contributed by atoms with Gasteiger partial charge in [-0.15, -0.1) is 0 Å². The van der Waals surface area contributed by atoms with Gasteiger partial charge < -0.3 is 15.0 Å². The van der Waals surface area contributed by atoms with Crippen LogP contribution in [0.4, 0.5) is 5.69 Å². The van der Waals surface area contributed by atoms with Crippen molar-refractivity contribution in [2.24, 2.45) is 0 Å². The molecule has 2 heterocycles. The Morgan fingerprint density at radius 1 is 1.16 bits per heavy atom. The number of carbonyl (C=O) groups is 1. The lowest BCUT2D eigenvalue weighted by Gasteiger charge is -2.35. The second kappa shape index (κ2) is 8.87. The van der Waals surface area contributed by atoms with Crippen molar-refractivity contribution in [1.82, 2.24) is 15.2 Å². The lowest BCUT2D eigenvalue weighted by Crippen LogP contribution is -2.44. The number of amides is 1. The van der Waals surface area contributed by atoms with Crippen LogP contribution in [0.5, 0.6) is 0 Å². The Labute approximate surface area is 180 Å². The maximum absolute atomic E-state index is 12.6. The van der Waals surface area contributed by atoms with E-state index in [4.69, 9.17) is 4.74 Å². The second-order valence-electron chi connectivity index (χ2n) is 8.14. The minimum absolute atomic E-state index is 0.0409. The van der Waals surface area contributed by atoms with Crippen LogP contribution in [0.2, 0.25) is 0 Å². The molecule has 1 aliphatic rings. The van der Waals surface area contributed by atoms with Crippen LogP contribution in [0.15, 0.2) is 48.7 Å². The quantitative estimate of drug-likeness (QED) is 0.467. The first-order chi connectivity index (χ1) is 14.9.